The number of rotatable bonds is 7. The van der Waals surface area contributed by atoms with E-state index in [4.69, 9.17) is 44.4 Å². The number of amides is 1. The van der Waals surface area contributed by atoms with Crippen molar-refractivity contribution in [2.24, 2.45) is 5.16 Å². The molecule has 0 fully saturated rings. The summed E-state index contributed by atoms with van der Waals surface area (Å²) in [5.41, 5.74) is 2.21. The number of hydrogen-bond acceptors (Lipinski definition) is 4. The Morgan fingerprint density at radius 1 is 1.22 bits per heavy atom. The predicted molar refractivity (Wildman–Crippen MR) is 110 cm³/mol. The van der Waals surface area contributed by atoms with Crippen LogP contribution in [-0.2, 0) is 16.2 Å². The third-order valence-corrected chi connectivity index (χ3v) is 4.07. The third-order valence-electron chi connectivity index (χ3n) is 3.53. The fourth-order valence-electron chi connectivity index (χ4n) is 2.29. The minimum absolute atomic E-state index is 0.110. The predicted octanol–water partition coefficient (Wildman–Crippen LogP) is 4.79. The molecule has 0 radical (unpaired) electrons. The van der Waals surface area contributed by atoms with E-state index < -0.39 is 0 Å². The van der Waals surface area contributed by atoms with Gasteiger partial charge in [0, 0.05) is 12.6 Å². The lowest BCUT2D eigenvalue weighted by molar-refractivity contribution is -0.114. The highest BCUT2D eigenvalue weighted by Gasteiger charge is 2.17. The molecule has 0 heterocycles. The summed E-state index contributed by atoms with van der Waals surface area (Å²) >= 11 is 17.5. The fraction of sp³-hybridized carbons (Fsp3) is 0.158. The molecule has 0 aliphatic heterocycles. The van der Waals surface area contributed by atoms with Crippen molar-refractivity contribution in [2.75, 3.05) is 14.2 Å². The summed E-state index contributed by atoms with van der Waals surface area (Å²) in [5.74, 6) is 0.198. The van der Waals surface area contributed by atoms with Gasteiger partial charge in [-0.3, -0.25) is 4.79 Å². The summed E-state index contributed by atoms with van der Waals surface area (Å²) < 4.78 is 5.93. The monoisotopic (exact) mass is 426 g/mol. The van der Waals surface area contributed by atoms with Crippen molar-refractivity contribution in [2.45, 2.75) is 6.61 Å². The van der Waals surface area contributed by atoms with E-state index in [1.54, 1.807) is 36.4 Å². The number of nitrogens with zero attached hydrogens (tertiary/aromatic N) is 1. The summed E-state index contributed by atoms with van der Waals surface area (Å²) in [6.45, 7) is 0.206. The number of carbonyl (C=O) groups is 1. The summed E-state index contributed by atoms with van der Waals surface area (Å²) in [6.07, 6.45) is 1.54. The average molecular weight is 428 g/mol. The van der Waals surface area contributed by atoms with Crippen LogP contribution in [0.4, 0.5) is 0 Å². The van der Waals surface area contributed by atoms with Crippen LogP contribution in [-0.4, -0.2) is 25.8 Å². The quantitative estimate of drug-likeness (QED) is 0.510. The van der Waals surface area contributed by atoms with Crippen LogP contribution in [0.15, 0.2) is 52.1 Å². The Hall–Kier alpha value is -2.21. The number of benzene rings is 2. The molecular weight excluding hydrogens is 411 g/mol. The fourth-order valence-corrected chi connectivity index (χ4v) is 2.75. The van der Waals surface area contributed by atoms with Crippen LogP contribution >= 0.6 is 34.8 Å². The lowest BCUT2D eigenvalue weighted by atomic mass is 10.0. The molecule has 0 aliphatic rings. The van der Waals surface area contributed by atoms with Gasteiger partial charge in [0.15, 0.2) is 5.71 Å². The molecule has 1 amide bonds. The van der Waals surface area contributed by atoms with E-state index in [0.29, 0.717) is 21.9 Å². The molecule has 0 saturated carbocycles. The molecule has 2 rings (SSSR count). The molecule has 0 saturated heterocycles. The SMILES string of the molecule is CNC(=O)/C(=N/OC)c1ccccc1COc1ccc(C=C(Cl)Cl)c(Cl)c1. The van der Waals surface area contributed by atoms with Crippen molar-refractivity contribution < 1.29 is 14.4 Å². The van der Waals surface area contributed by atoms with E-state index >= 15 is 0 Å². The first-order chi connectivity index (χ1) is 13.0. The Kier molecular flexibility index (Phi) is 7.98. The molecule has 2 aromatic rings. The van der Waals surface area contributed by atoms with Crippen molar-refractivity contribution in [3.05, 3.63) is 68.7 Å². The Bertz CT molecular complexity index is 878. The van der Waals surface area contributed by atoms with E-state index in [1.807, 2.05) is 12.1 Å². The maximum atomic E-state index is 12.1. The van der Waals surface area contributed by atoms with Crippen LogP contribution in [0.1, 0.15) is 16.7 Å². The zero-order valence-corrected chi connectivity index (χ0v) is 16.9. The van der Waals surface area contributed by atoms with Gasteiger partial charge in [0.25, 0.3) is 5.91 Å². The number of halogens is 3. The first-order valence-electron chi connectivity index (χ1n) is 7.82. The number of carbonyl (C=O) groups excluding carboxylic acids is 1. The standard InChI is InChI=1S/C19H17Cl3N2O3/c1-23-19(25)18(24-26-2)15-6-4-3-5-13(15)11-27-14-8-7-12(9-17(21)22)16(20)10-14/h3-10H,11H2,1-2H3,(H,23,25)/b24-18+. The third kappa shape index (κ3) is 5.89. The van der Waals surface area contributed by atoms with Gasteiger partial charge in [-0.15, -0.1) is 0 Å². The molecular formula is C19H17Cl3N2O3. The molecule has 1 N–H and O–H groups in total. The lowest BCUT2D eigenvalue weighted by Gasteiger charge is -2.12. The average Bonchev–Trinajstić information content (AvgIpc) is 2.66. The van der Waals surface area contributed by atoms with Crippen LogP contribution < -0.4 is 10.1 Å². The highest BCUT2D eigenvalue weighted by Crippen LogP contribution is 2.27. The van der Waals surface area contributed by atoms with Gasteiger partial charge in [-0.1, -0.05) is 64.2 Å². The van der Waals surface area contributed by atoms with Gasteiger partial charge >= 0.3 is 0 Å². The van der Waals surface area contributed by atoms with Gasteiger partial charge in [-0.05, 0) is 35.4 Å². The second-order valence-corrected chi connectivity index (χ2v) is 6.68. The van der Waals surface area contributed by atoms with Crippen LogP contribution in [0.5, 0.6) is 5.75 Å². The number of likely N-dealkylation sites (N-methyl/N-ethyl adjacent to an activating group) is 1. The molecule has 0 aliphatic carbocycles. The molecule has 0 bridgehead atoms. The molecule has 27 heavy (non-hydrogen) atoms. The van der Waals surface area contributed by atoms with Crippen molar-refractivity contribution >= 4 is 52.5 Å². The normalized spacial score (nSPS) is 10.9. The zero-order valence-electron chi connectivity index (χ0n) is 14.6. The van der Waals surface area contributed by atoms with E-state index in [1.165, 1.54) is 14.2 Å². The maximum Gasteiger partial charge on any atom is 0.273 e. The highest BCUT2D eigenvalue weighted by molar-refractivity contribution is 6.57. The summed E-state index contributed by atoms with van der Waals surface area (Å²) in [4.78, 5) is 16.9. The Morgan fingerprint density at radius 3 is 2.59 bits per heavy atom. The van der Waals surface area contributed by atoms with Gasteiger partial charge in [0.1, 0.15) is 24.0 Å². The first-order valence-corrected chi connectivity index (χ1v) is 8.96. The summed E-state index contributed by atoms with van der Waals surface area (Å²) in [6, 6.07) is 12.4. The van der Waals surface area contributed by atoms with Gasteiger partial charge in [-0.25, -0.2) is 0 Å². The first kappa shape index (κ1) is 21.1. The van der Waals surface area contributed by atoms with Crippen LogP contribution in [0, 0.1) is 0 Å². The molecule has 142 valence electrons. The zero-order chi connectivity index (χ0) is 19.8. The summed E-state index contributed by atoms with van der Waals surface area (Å²) in [5, 5.41) is 6.82. The smallest absolute Gasteiger partial charge is 0.273 e. The molecule has 0 spiro atoms. The molecule has 0 atom stereocenters. The number of nitrogens with one attached hydrogen (secondary N) is 1. The van der Waals surface area contributed by atoms with Gasteiger partial charge in [-0.2, -0.15) is 0 Å². The Balaban J connectivity index is 2.24. The van der Waals surface area contributed by atoms with Gasteiger partial charge in [0.2, 0.25) is 0 Å². The number of oxime groups is 1. The van der Waals surface area contributed by atoms with Crippen molar-refractivity contribution in [1.29, 1.82) is 0 Å². The molecule has 5 nitrogen and oxygen atoms in total. The maximum absolute atomic E-state index is 12.1. The van der Waals surface area contributed by atoms with Crippen LogP contribution in [0.3, 0.4) is 0 Å². The van der Waals surface area contributed by atoms with Gasteiger partial charge < -0.3 is 14.9 Å². The lowest BCUT2D eigenvalue weighted by Crippen LogP contribution is -2.29. The van der Waals surface area contributed by atoms with Gasteiger partial charge in [0.05, 0.1) is 5.02 Å². The van der Waals surface area contributed by atoms with Crippen molar-refractivity contribution in [3.8, 4) is 5.75 Å². The van der Waals surface area contributed by atoms with E-state index in [0.717, 1.165) is 5.56 Å². The van der Waals surface area contributed by atoms with Crippen LogP contribution in [0.25, 0.3) is 6.08 Å². The molecule has 0 unspecified atom stereocenters. The molecule has 0 aromatic heterocycles. The Morgan fingerprint density at radius 2 is 1.96 bits per heavy atom. The summed E-state index contributed by atoms with van der Waals surface area (Å²) in [7, 11) is 2.91. The topological polar surface area (TPSA) is 59.9 Å². The highest BCUT2D eigenvalue weighted by atomic mass is 35.5. The largest absolute Gasteiger partial charge is 0.489 e. The number of ether oxygens (including phenoxy) is 1. The number of hydrogen-bond donors (Lipinski definition) is 1. The van der Waals surface area contributed by atoms with Crippen molar-refractivity contribution in [1.82, 2.24) is 5.32 Å². The molecule has 2 aromatic carbocycles. The van der Waals surface area contributed by atoms with Crippen LogP contribution in [0.2, 0.25) is 5.02 Å². The molecule has 8 heteroatoms. The van der Waals surface area contributed by atoms with E-state index in [2.05, 4.69) is 10.5 Å². The second kappa shape index (κ2) is 10.2. The van der Waals surface area contributed by atoms with Crippen molar-refractivity contribution in [3.63, 3.8) is 0 Å². The van der Waals surface area contributed by atoms with E-state index in [-0.39, 0.29) is 22.7 Å². The second-order valence-electron chi connectivity index (χ2n) is 5.26. The minimum Gasteiger partial charge on any atom is -0.489 e. The van der Waals surface area contributed by atoms with E-state index in [9.17, 15) is 4.79 Å². The Labute approximate surface area is 172 Å². The minimum atomic E-state index is -0.360.